The molecule has 0 radical (unpaired) electrons. The van der Waals surface area contributed by atoms with Crippen LogP contribution >= 0.6 is 31.9 Å². The quantitative estimate of drug-likeness (QED) is 0.877. The van der Waals surface area contributed by atoms with E-state index < -0.39 is 5.97 Å². The van der Waals surface area contributed by atoms with Crippen molar-refractivity contribution in [1.29, 1.82) is 0 Å². The van der Waals surface area contributed by atoms with Gasteiger partial charge in [-0.15, -0.1) is 0 Å². The predicted octanol–water partition coefficient (Wildman–Crippen LogP) is 3.51. The molecule has 0 aromatic heterocycles. The minimum Gasteiger partial charge on any atom is -0.478 e. The van der Waals surface area contributed by atoms with Crippen molar-refractivity contribution in [2.45, 2.75) is 12.8 Å². The number of benzene rings is 1. The third-order valence-electron chi connectivity index (χ3n) is 3.58. The van der Waals surface area contributed by atoms with Crippen LogP contribution in [0.3, 0.4) is 0 Å². The van der Waals surface area contributed by atoms with Crippen LogP contribution in [0.25, 0.3) is 0 Å². The summed E-state index contributed by atoms with van der Waals surface area (Å²) < 4.78 is 1.63. The minimum atomic E-state index is -0.876. The molecule has 0 atom stereocenters. The fourth-order valence-electron chi connectivity index (χ4n) is 2.46. The largest absolute Gasteiger partial charge is 0.478 e. The molecule has 2 fully saturated rings. The Hall–Kier alpha value is -0.550. The number of hydrogen-bond donors (Lipinski definition) is 1. The van der Waals surface area contributed by atoms with Gasteiger partial charge in [0.05, 0.1) is 11.3 Å². The van der Waals surface area contributed by atoms with E-state index in [0.29, 0.717) is 11.0 Å². The Morgan fingerprint density at radius 1 is 1.29 bits per heavy atom. The summed E-state index contributed by atoms with van der Waals surface area (Å²) in [5.41, 5.74) is 1.70. The monoisotopic (exact) mass is 359 g/mol. The number of carbonyl (C=O) groups is 1. The standard InChI is InChI=1S/C12H11Br2NO2/c13-7-3-8(11(16)17)10(9(14)4-7)15-5-12(6-15)1-2-12/h3-4H,1-2,5-6H2,(H,16,17). The van der Waals surface area contributed by atoms with Gasteiger partial charge in [0.15, 0.2) is 0 Å². The predicted molar refractivity (Wildman–Crippen MR) is 72.7 cm³/mol. The molecule has 0 unspecified atom stereocenters. The van der Waals surface area contributed by atoms with Gasteiger partial charge >= 0.3 is 5.97 Å². The number of aromatic carboxylic acids is 1. The van der Waals surface area contributed by atoms with Crippen LogP contribution in [0.1, 0.15) is 23.2 Å². The molecule has 2 aliphatic rings. The van der Waals surface area contributed by atoms with E-state index in [2.05, 4.69) is 36.8 Å². The summed E-state index contributed by atoms with van der Waals surface area (Å²) >= 11 is 6.79. The highest BCUT2D eigenvalue weighted by molar-refractivity contribution is 9.11. The molecule has 5 heteroatoms. The van der Waals surface area contributed by atoms with E-state index >= 15 is 0 Å². The second-order valence-corrected chi connectivity index (χ2v) is 6.72. The number of nitrogens with zero attached hydrogens (tertiary/aromatic N) is 1. The van der Waals surface area contributed by atoms with Crippen molar-refractivity contribution >= 4 is 43.5 Å². The van der Waals surface area contributed by atoms with Crippen molar-refractivity contribution in [3.63, 3.8) is 0 Å². The maximum atomic E-state index is 11.3. The van der Waals surface area contributed by atoms with Gasteiger partial charge in [-0.25, -0.2) is 4.79 Å². The van der Waals surface area contributed by atoms with E-state index in [9.17, 15) is 9.90 Å². The molecular weight excluding hydrogens is 350 g/mol. The summed E-state index contributed by atoms with van der Waals surface area (Å²) in [5.74, 6) is -0.876. The first kappa shape index (κ1) is 11.5. The number of rotatable bonds is 2. The summed E-state index contributed by atoms with van der Waals surface area (Å²) in [6, 6.07) is 3.57. The maximum absolute atomic E-state index is 11.3. The zero-order valence-electron chi connectivity index (χ0n) is 9.04. The number of carboxylic acid groups (broad SMARTS) is 1. The van der Waals surface area contributed by atoms with Gasteiger partial charge < -0.3 is 10.0 Å². The highest BCUT2D eigenvalue weighted by atomic mass is 79.9. The molecule has 1 saturated carbocycles. The molecular formula is C12H11Br2NO2. The molecule has 1 spiro atoms. The second-order valence-electron chi connectivity index (χ2n) is 4.94. The molecule has 1 saturated heterocycles. The summed E-state index contributed by atoms with van der Waals surface area (Å²) in [7, 11) is 0. The van der Waals surface area contributed by atoms with Crippen molar-refractivity contribution in [1.82, 2.24) is 0 Å². The average Bonchev–Trinajstić information content (AvgIpc) is 2.94. The first-order valence-electron chi connectivity index (χ1n) is 5.48. The average molecular weight is 361 g/mol. The van der Waals surface area contributed by atoms with Gasteiger partial charge in [0.25, 0.3) is 0 Å². The molecule has 3 rings (SSSR count). The van der Waals surface area contributed by atoms with Crippen LogP contribution in [0, 0.1) is 5.41 Å². The van der Waals surface area contributed by atoms with Crippen LogP contribution in [0.2, 0.25) is 0 Å². The fraction of sp³-hybridized carbons (Fsp3) is 0.417. The smallest absolute Gasteiger partial charge is 0.337 e. The summed E-state index contributed by atoms with van der Waals surface area (Å²) in [6.45, 7) is 1.99. The number of anilines is 1. The lowest BCUT2D eigenvalue weighted by Gasteiger charge is -2.43. The Morgan fingerprint density at radius 2 is 1.94 bits per heavy atom. The van der Waals surface area contributed by atoms with E-state index in [-0.39, 0.29) is 0 Å². The normalized spacial score (nSPS) is 20.2. The highest BCUT2D eigenvalue weighted by Gasteiger charge is 2.53. The number of halogens is 2. The first-order valence-corrected chi connectivity index (χ1v) is 7.07. The Labute approximate surface area is 116 Å². The third-order valence-corrected chi connectivity index (χ3v) is 4.65. The van der Waals surface area contributed by atoms with Gasteiger partial charge in [-0.2, -0.15) is 0 Å². The number of hydrogen-bond acceptors (Lipinski definition) is 2. The van der Waals surface area contributed by atoms with Crippen LogP contribution in [-0.2, 0) is 0 Å². The van der Waals surface area contributed by atoms with E-state index in [0.717, 1.165) is 27.7 Å². The van der Waals surface area contributed by atoms with Crippen LogP contribution in [0.5, 0.6) is 0 Å². The van der Waals surface area contributed by atoms with Crippen LogP contribution < -0.4 is 4.90 Å². The van der Waals surface area contributed by atoms with Crippen molar-refractivity contribution < 1.29 is 9.90 Å². The van der Waals surface area contributed by atoms with Crippen LogP contribution in [-0.4, -0.2) is 24.2 Å². The topological polar surface area (TPSA) is 40.5 Å². The molecule has 0 amide bonds. The maximum Gasteiger partial charge on any atom is 0.337 e. The second kappa shape index (κ2) is 3.72. The van der Waals surface area contributed by atoms with E-state index in [1.165, 1.54) is 12.8 Å². The lowest BCUT2D eigenvalue weighted by Crippen LogP contribution is -2.49. The molecule has 0 bridgehead atoms. The molecule has 1 aromatic carbocycles. The van der Waals surface area contributed by atoms with Gasteiger partial charge in [-0.3, -0.25) is 0 Å². The first-order chi connectivity index (χ1) is 8.01. The van der Waals surface area contributed by atoms with Crippen molar-refractivity contribution in [3.05, 3.63) is 26.6 Å². The SMILES string of the molecule is O=C(O)c1cc(Br)cc(Br)c1N1CC2(CC2)C1. The Bertz CT molecular complexity index is 503. The van der Waals surface area contributed by atoms with Crippen LogP contribution in [0.4, 0.5) is 5.69 Å². The lowest BCUT2D eigenvalue weighted by molar-refractivity contribution is 0.0697. The highest BCUT2D eigenvalue weighted by Crippen LogP contribution is 2.55. The molecule has 3 nitrogen and oxygen atoms in total. The molecule has 1 aromatic rings. The summed E-state index contributed by atoms with van der Waals surface area (Å²) in [4.78, 5) is 13.4. The molecule has 1 N–H and O–H groups in total. The molecule has 17 heavy (non-hydrogen) atoms. The molecule has 1 aliphatic heterocycles. The van der Waals surface area contributed by atoms with Gasteiger partial charge in [-0.05, 0) is 40.9 Å². The van der Waals surface area contributed by atoms with Crippen LogP contribution in [0.15, 0.2) is 21.1 Å². The van der Waals surface area contributed by atoms with Crippen molar-refractivity contribution in [2.24, 2.45) is 5.41 Å². The Morgan fingerprint density at radius 3 is 2.47 bits per heavy atom. The molecule has 1 heterocycles. The van der Waals surface area contributed by atoms with Crippen molar-refractivity contribution in [2.75, 3.05) is 18.0 Å². The molecule has 1 aliphatic carbocycles. The van der Waals surface area contributed by atoms with Gasteiger partial charge in [-0.1, -0.05) is 15.9 Å². The van der Waals surface area contributed by atoms with E-state index in [4.69, 9.17) is 0 Å². The lowest BCUT2D eigenvalue weighted by atomic mass is 9.95. The minimum absolute atomic E-state index is 0.363. The van der Waals surface area contributed by atoms with Gasteiger partial charge in [0.2, 0.25) is 0 Å². The summed E-state index contributed by atoms with van der Waals surface area (Å²) in [6.07, 6.45) is 2.58. The third kappa shape index (κ3) is 1.89. The zero-order chi connectivity index (χ0) is 12.2. The van der Waals surface area contributed by atoms with Crippen molar-refractivity contribution in [3.8, 4) is 0 Å². The molecule has 90 valence electrons. The zero-order valence-corrected chi connectivity index (χ0v) is 12.2. The van der Waals surface area contributed by atoms with Gasteiger partial charge in [0, 0.05) is 27.4 Å². The summed E-state index contributed by atoms with van der Waals surface area (Å²) in [5, 5.41) is 9.26. The number of carboxylic acids is 1. The Kier molecular flexibility index (Phi) is 2.52. The van der Waals surface area contributed by atoms with E-state index in [1.54, 1.807) is 6.07 Å². The Balaban J connectivity index is 1.99. The van der Waals surface area contributed by atoms with Gasteiger partial charge in [0.1, 0.15) is 0 Å². The fourth-order valence-corrected chi connectivity index (χ4v) is 3.94. The van der Waals surface area contributed by atoms with E-state index in [1.807, 2.05) is 6.07 Å².